The molecule has 0 aliphatic rings. The molecule has 0 bridgehead atoms. The second kappa shape index (κ2) is 6.49. The summed E-state index contributed by atoms with van der Waals surface area (Å²) in [5, 5.41) is 0. The number of rotatable bonds is 6. The molecule has 15 heavy (non-hydrogen) atoms. The Kier molecular flexibility index (Phi) is 5.23. The number of ether oxygens (including phenoxy) is 1. The van der Waals surface area contributed by atoms with Gasteiger partial charge in [0.1, 0.15) is 5.75 Å². The van der Waals surface area contributed by atoms with Crippen LogP contribution in [0.4, 0.5) is 0 Å². The Morgan fingerprint density at radius 2 is 2.00 bits per heavy atom. The highest BCUT2D eigenvalue weighted by molar-refractivity contribution is 5.31. The fraction of sp³-hybridized carbons (Fsp3) is 0.571. The number of unbranched alkanes of at least 4 members (excludes halogenated alkanes) is 1. The molecule has 0 aliphatic heterocycles. The fourth-order valence-corrected chi connectivity index (χ4v) is 1.59. The van der Waals surface area contributed by atoms with Gasteiger partial charge in [-0.25, -0.2) is 0 Å². The van der Waals surface area contributed by atoms with Crippen molar-refractivity contribution in [1.29, 1.82) is 0 Å². The lowest BCUT2D eigenvalue weighted by molar-refractivity contribution is 0.248. The van der Waals surface area contributed by atoms with E-state index in [-0.39, 0.29) is 0 Å². The first-order valence-corrected chi connectivity index (χ1v) is 5.92. The molecule has 0 amide bonds. The summed E-state index contributed by atoms with van der Waals surface area (Å²) >= 11 is 0. The van der Waals surface area contributed by atoms with E-state index in [0.717, 1.165) is 12.4 Å². The number of aryl methyl sites for hydroxylation is 1. The van der Waals surface area contributed by atoms with Crippen LogP contribution < -0.4 is 4.74 Å². The topological polar surface area (TPSA) is 9.23 Å². The highest BCUT2D eigenvalue weighted by atomic mass is 16.5. The third-order valence-corrected chi connectivity index (χ3v) is 2.67. The molecule has 0 radical (unpaired) electrons. The standard InChI is InChI=1S/C14H22O/c1-4-5-8-12(2)11-15-14-10-7-6-9-13(14)3/h6-7,9-10,12H,4-5,8,11H2,1-3H3/t12-/m0/s1. The minimum Gasteiger partial charge on any atom is -0.493 e. The van der Waals surface area contributed by atoms with Crippen LogP contribution in [-0.2, 0) is 0 Å². The summed E-state index contributed by atoms with van der Waals surface area (Å²) in [5.74, 6) is 1.69. The van der Waals surface area contributed by atoms with Gasteiger partial charge in [0, 0.05) is 0 Å². The number of benzene rings is 1. The second-order valence-electron chi connectivity index (χ2n) is 4.32. The fourth-order valence-electron chi connectivity index (χ4n) is 1.59. The van der Waals surface area contributed by atoms with Gasteiger partial charge in [-0.2, -0.15) is 0 Å². The van der Waals surface area contributed by atoms with E-state index in [1.54, 1.807) is 0 Å². The van der Waals surface area contributed by atoms with Crippen molar-refractivity contribution in [3.05, 3.63) is 29.8 Å². The van der Waals surface area contributed by atoms with Gasteiger partial charge >= 0.3 is 0 Å². The largest absolute Gasteiger partial charge is 0.493 e. The van der Waals surface area contributed by atoms with Crippen molar-refractivity contribution < 1.29 is 4.74 Å². The minimum atomic E-state index is 0.657. The number of para-hydroxylation sites is 1. The van der Waals surface area contributed by atoms with Crippen LogP contribution in [0, 0.1) is 12.8 Å². The van der Waals surface area contributed by atoms with Crippen LogP contribution >= 0.6 is 0 Å². The first-order chi connectivity index (χ1) is 7.24. The summed E-state index contributed by atoms with van der Waals surface area (Å²) in [6.07, 6.45) is 3.84. The van der Waals surface area contributed by atoms with Crippen LogP contribution in [-0.4, -0.2) is 6.61 Å². The quantitative estimate of drug-likeness (QED) is 0.677. The van der Waals surface area contributed by atoms with Gasteiger partial charge in [0.25, 0.3) is 0 Å². The Bertz CT molecular complexity index is 280. The van der Waals surface area contributed by atoms with Crippen molar-refractivity contribution >= 4 is 0 Å². The molecule has 1 aromatic rings. The first kappa shape index (κ1) is 12.1. The van der Waals surface area contributed by atoms with Gasteiger partial charge in [-0.3, -0.25) is 0 Å². The van der Waals surface area contributed by atoms with Crippen LogP contribution in [0.1, 0.15) is 38.7 Å². The maximum absolute atomic E-state index is 5.80. The summed E-state index contributed by atoms with van der Waals surface area (Å²) in [4.78, 5) is 0. The molecule has 1 heteroatoms. The van der Waals surface area contributed by atoms with Crippen LogP contribution in [0.3, 0.4) is 0 Å². The zero-order chi connectivity index (χ0) is 11.1. The lowest BCUT2D eigenvalue weighted by Gasteiger charge is -2.13. The molecule has 0 saturated heterocycles. The maximum Gasteiger partial charge on any atom is 0.122 e. The molecular weight excluding hydrogens is 184 g/mol. The minimum absolute atomic E-state index is 0.657. The maximum atomic E-state index is 5.80. The van der Waals surface area contributed by atoms with Gasteiger partial charge in [-0.05, 0) is 30.9 Å². The molecule has 0 unspecified atom stereocenters. The molecule has 1 atom stereocenters. The Morgan fingerprint density at radius 3 is 2.67 bits per heavy atom. The van der Waals surface area contributed by atoms with Crippen molar-refractivity contribution in [2.24, 2.45) is 5.92 Å². The van der Waals surface area contributed by atoms with E-state index >= 15 is 0 Å². The van der Waals surface area contributed by atoms with E-state index in [1.807, 2.05) is 18.2 Å². The summed E-state index contributed by atoms with van der Waals surface area (Å²) in [5.41, 5.74) is 1.22. The van der Waals surface area contributed by atoms with E-state index in [0.29, 0.717) is 5.92 Å². The van der Waals surface area contributed by atoms with Crippen molar-refractivity contribution in [2.75, 3.05) is 6.61 Å². The van der Waals surface area contributed by atoms with Crippen LogP contribution in [0.25, 0.3) is 0 Å². The van der Waals surface area contributed by atoms with E-state index in [9.17, 15) is 0 Å². The molecule has 0 heterocycles. The zero-order valence-electron chi connectivity index (χ0n) is 10.1. The second-order valence-corrected chi connectivity index (χ2v) is 4.32. The molecule has 0 saturated carbocycles. The van der Waals surface area contributed by atoms with Gasteiger partial charge in [-0.1, -0.05) is 44.9 Å². The Hall–Kier alpha value is -0.980. The molecule has 1 nitrogen and oxygen atoms in total. The average Bonchev–Trinajstić information content (AvgIpc) is 2.25. The van der Waals surface area contributed by atoms with E-state index in [1.165, 1.54) is 24.8 Å². The number of hydrogen-bond donors (Lipinski definition) is 0. The van der Waals surface area contributed by atoms with E-state index in [4.69, 9.17) is 4.74 Å². The van der Waals surface area contributed by atoms with E-state index < -0.39 is 0 Å². The van der Waals surface area contributed by atoms with Crippen LogP contribution in [0.5, 0.6) is 5.75 Å². The van der Waals surface area contributed by atoms with Gasteiger partial charge in [0.2, 0.25) is 0 Å². The van der Waals surface area contributed by atoms with Crippen molar-refractivity contribution in [2.45, 2.75) is 40.0 Å². The van der Waals surface area contributed by atoms with Crippen molar-refractivity contribution in [3.63, 3.8) is 0 Å². The lowest BCUT2D eigenvalue weighted by atomic mass is 10.1. The third kappa shape index (κ3) is 4.37. The molecule has 1 rings (SSSR count). The number of hydrogen-bond acceptors (Lipinski definition) is 1. The summed E-state index contributed by atoms with van der Waals surface area (Å²) in [6.45, 7) is 7.42. The van der Waals surface area contributed by atoms with Gasteiger partial charge in [0.05, 0.1) is 6.61 Å². The molecule has 0 spiro atoms. The molecule has 1 aromatic carbocycles. The Labute approximate surface area is 93.5 Å². The highest BCUT2D eigenvalue weighted by Crippen LogP contribution is 2.18. The SMILES string of the molecule is CCCC[C@H](C)COc1ccccc1C. The normalized spacial score (nSPS) is 12.5. The summed E-state index contributed by atoms with van der Waals surface area (Å²) < 4.78 is 5.80. The smallest absolute Gasteiger partial charge is 0.122 e. The Morgan fingerprint density at radius 1 is 1.27 bits per heavy atom. The monoisotopic (exact) mass is 206 g/mol. The van der Waals surface area contributed by atoms with Gasteiger partial charge in [0.15, 0.2) is 0 Å². The van der Waals surface area contributed by atoms with Crippen LogP contribution in [0.15, 0.2) is 24.3 Å². The molecule has 0 N–H and O–H groups in total. The molecule has 0 aromatic heterocycles. The van der Waals surface area contributed by atoms with E-state index in [2.05, 4.69) is 26.8 Å². The zero-order valence-corrected chi connectivity index (χ0v) is 10.1. The van der Waals surface area contributed by atoms with Crippen molar-refractivity contribution in [3.8, 4) is 5.75 Å². The first-order valence-electron chi connectivity index (χ1n) is 5.92. The molecule has 84 valence electrons. The van der Waals surface area contributed by atoms with Gasteiger partial charge < -0.3 is 4.74 Å². The predicted molar refractivity (Wildman–Crippen MR) is 65.4 cm³/mol. The summed E-state index contributed by atoms with van der Waals surface area (Å²) in [7, 11) is 0. The molecule has 0 fully saturated rings. The predicted octanol–water partition coefficient (Wildman–Crippen LogP) is 4.20. The Balaban J connectivity index is 2.33. The van der Waals surface area contributed by atoms with Crippen molar-refractivity contribution in [1.82, 2.24) is 0 Å². The van der Waals surface area contributed by atoms with Gasteiger partial charge in [-0.15, -0.1) is 0 Å². The average molecular weight is 206 g/mol. The molecule has 0 aliphatic carbocycles. The molecular formula is C14H22O. The lowest BCUT2D eigenvalue weighted by Crippen LogP contribution is -2.08. The summed E-state index contributed by atoms with van der Waals surface area (Å²) in [6, 6.07) is 8.20. The van der Waals surface area contributed by atoms with Crippen LogP contribution in [0.2, 0.25) is 0 Å². The third-order valence-electron chi connectivity index (χ3n) is 2.67. The highest BCUT2D eigenvalue weighted by Gasteiger charge is 2.03.